The predicted molar refractivity (Wildman–Crippen MR) is 90.5 cm³/mol. The lowest BCUT2D eigenvalue weighted by atomic mass is 10.2. The lowest BCUT2D eigenvalue weighted by Crippen LogP contribution is -2.44. The van der Waals surface area contributed by atoms with Crippen molar-refractivity contribution < 1.29 is 14.3 Å². The number of hydrogen-bond acceptors (Lipinski definition) is 7. The Balaban J connectivity index is 1.84. The van der Waals surface area contributed by atoms with Crippen molar-refractivity contribution in [3.05, 3.63) is 11.1 Å². The van der Waals surface area contributed by atoms with Crippen LogP contribution in [0.3, 0.4) is 0 Å². The second-order valence-electron chi connectivity index (χ2n) is 5.94. The summed E-state index contributed by atoms with van der Waals surface area (Å²) in [5, 5.41) is 5.41. The lowest BCUT2D eigenvalue weighted by molar-refractivity contribution is -0.118. The van der Waals surface area contributed by atoms with Gasteiger partial charge >= 0.3 is 0 Å². The minimum atomic E-state index is -0.259. The Kier molecular flexibility index (Phi) is 6.91. The van der Waals surface area contributed by atoms with E-state index in [1.54, 1.807) is 7.11 Å². The van der Waals surface area contributed by atoms with Crippen LogP contribution in [0.1, 0.15) is 26.0 Å². The molecule has 2 heterocycles. The van der Waals surface area contributed by atoms with Crippen molar-refractivity contribution in [2.45, 2.75) is 45.1 Å². The summed E-state index contributed by atoms with van der Waals surface area (Å²) in [4.78, 5) is 18.7. The molecule has 0 bridgehead atoms. The van der Waals surface area contributed by atoms with E-state index in [9.17, 15) is 4.79 Å². The number of anilines is 1. The summed E-state index contributed by atoms with van der Waals surface area (Å²) in [5.74, 6) is -0.128. The first-order chi connectivity index (χ1) is 11.0. The molecule has 1 saturated heterocycles. The fraction of sp³-hybridized carbons (Fsp3) is 0.733. The summed E-state index contributed by atoms with van der Waals surface area (Å²) in [6.07, 6.45) is 0.448. The second kappa shape index (κ2) is 8.70. The molecule has 1 aromatic rings. The number of amides is 1. The molecule has 1 aromatic heterocycles. The highest BCUT2D eigenvalue weighted by atomic mass is 32.1. The maximum Gasteiger partial charge on any atom is 0.228 e. The molecule has 130 valence electrons. The smallest absolute Gasteiger partial charge is 0.228 e. The van der Waals surface area contributed by atoms with Crippen molar-refractivity contribution in [1.82, 2.24) is 9.88 Å². The molecule has 2 rings (SSSR count). The SMILES string of the molecule is COC(CN)CC(=O)Nc1nc(CN2CC(C)OC(C)C2)cs1. The summed E-state index contributed by atoms with van der Waals surface area (Å²) in [6.45, 7) is 7.05. The third-order valence-electron chi connectivity index (χ3n) is 3.69. The summed E-state index contributed by atoms with van der Waals surface area (Å²) < 4.78 is 10.8. The zero-order chi connectivity index (χ0) is 16.8. The van der Waals surface area contributed by atoms with Gasteiger partial charge in [-0.3, -0.25) is 9.69 Å². The van der Waals surface area contributed by atoms with Gasteiger partial charge in [0.25, 0.3) is 0 Å². The van der Waals surface area contributed by atoms with Gasteiger partial charge in [0.2, 0.25) is 5.91 Å². The van der Waals surface area contributed by atoms with Gasteiger partial charge in [-0.2, -0.15) is 0 Å². The molecule has 3 N–H and O–H groups in total. The van der Waals surface area contributed by atoms with Crippen molar-refractivity contribution in [2.24, 2.45) is 5.73 Å². The minimum Gasteiger partial charge on any atom is -0.380 e. The van der Waals surface area contributed by atoms with Crippen LogP contribution in [0.15, 0.2) is 5.38 Å². The molecule has 0 aliphatic carbocycles. The molecule has 1 fully saturated rings. The lowest BCUT2D eigenvalue weighted by Gasteiger charge is -2.34. The van der Waals surface area contributed by atoms with Gasteiger partial charge in [0.1, 0.15) is 0 Å². The van der Waals surface area contributed by atoms with E-state index in [2.05, 4.69) is 29.0 Å². The van der Waals surface area contributed by atoms with Gasteiger partial charge in [0.15, 0.2) is 5.13 Å². The predicted octanol–water partition coefficient (Wildman–Crippen LogP) is 1.05. The minimum absolute atomic E-state index is 0.128. The number of aromatic nitrogens is 1. The highest BCUT2D eigenvalue weighted by Crippen LogP contribution is 2.19. The van der Waals surface area contributed by atoms with Crippen LogP contribution in [0.4, 0.5) is 5.13 Å². The normalized spacial score (nSPS) is 23.7. The number of hydrogen-bond donors (Lipinski definition) is 2. The Hall–Kier alpha value is -1.06. The molecule has 3 atom stereocenters. The summed E-state index contributed by atoms with van der Waals surface area (Å²) >= 11 is 1.44. The molecular formula is C15H26N4O3S. The summed E-state index contributed by atoms with van der Waals surface area (Å²) in [7, 11) is 1.55. The Labute approximate surface area is 141 Å². The van der Waals surface area contributed by atoms with Crippen LogP contribution in [0.5, 0.6) is 0 Å². The third kappa shape index (κ3) is 5.82. The van der Waals surface area contributed by atoms with E-state index in [1.165, 1.54) is 11.3 Å². The first-order valence-electron chi connectivity index (χ1n) is 7.85. The number of thiazole rings is 1. The molecule has 0 radical (unpaired) electrons. The number of methoxy groups -OCH3 is 1. The van der Waals surface area contributed by atoms with Crippen LogP contribution < -0.4 is 11.1 Å². The van der Waals surface area contributed by atoms with Crippen molar-refractivity contribution in [2.75, 3.05) is 32.1 Å². The zero-order valence-corrected chi connectivity index (χ0v) is 14.8. The van der Waals surface area contributed by atoms with Crippen molar-refractivity contribution in [3.63, 3.8) is 0 Å². The fourth-order valence-corrected chi connectivity index (χ4v) is 3.44. The molecule has 8 heteroatoms. The summed E-state index contributed by atoms with van der Waals surface area (Å²) in [6, 6.07) is 0. The first kappa shape index (κ1) is 18.3. The van der Waals surface area contributed by atoms with Crippen molar-refractivity contribution >= 4 is 22.4 Å². The molecule has 1 aliphatic heterocycles. The van der Waals surface area contributed by atoms with Gasteiger partial charge in [0, 0.05) is 38.7 Å². The Bertz CT molecular complexity index is 497. The number of rotatable bonds is 7. The number of morpholine rings is 1. The van der Waals surface area contributed by atoms with Gasteiger partial charge in [-0.05, 0) is 13.8 Å². The number of nitrogens with one attached hydrogen (secondary N) is 1. The summed E-state index contributed by atoms with van der Waals surface area (Å²) in [5.41, 5.74) is 6.49. The number of nitrogens with zero attached hydrogens (tertiary/aromatic N) is 2. The first-order valence-corrected chi connectivity index (χ1v) is 8.73. The quantitative estimate of drug-likeness (QED) is 0.770. The van der Waals surface area contributed by atoms with Crippen LogP contribution in [0.25, 0.3) is 0 Å². The van der Waals surface area contributed by atoms with Crippen LogP contribution in [-0.4, -0.2) is 60.8 Å². The largest absolute Gasteiger partial charge is 0.380 e. The van der Waals surface area contributed by atoms with E-state index in [1.807, 2.05) is 5.38 Å². The maximum atomic E-state index is 11.9. The van der Waals surface area contributed by atoms with Crippen molar-refractivity contribution in [3.8, 4) is 0 Å². The monoisotopic (exact) mass is 342 g/mol. The van der Waals surface area contributed by atoms with Crippen LogP contribution in [-0.2, 0) is 20.8 Å². The molecule has 7 nitrogen and oxygen atoms in total. The molecule has 0 aromatic carbocycles. The molecular weight excluding hydrogens is 316 g/mol. The second-order valence-corrected chi connectivity index (χ2v) is 6.80. The van der Waals surface area contributed by atoms with Crippen LogP contribution in [0, 0.1) is 0 Å². The van der Waals surface area contributed by atoms with Crippen LogP contribution in [0.2, 0.25) is 0 Å². The Morgan fingerprint density at radius 3 is 2.87 bits per heavy atom. The number of nitrogens with two attached hydrogens (primary N) is 1. The van der Waals surface area contributed by atoms with Gasteiger partial charge in [-0.1, -0.05) is 0 Å². The number of ether oxygens (including phenoxy) is 2. The van der Waals surface area contributed by atoms with Crippen LogP contribution >= 0.6 is 11.3 Å². The molecule has 1 amide bonds. The highest BCUT2D eigenvalue weighted by Gasteiger charge is 2.23. The van der Waals surface area contributed by atoms with E-state index in [0.717, 1.165) is 25.3 Å². The molecule has 1 aliphatic rings. The van der Waals surface area contributed by atoms with E-state index < -0.39 is 0 Å². The maximum absolute atomic E-state index is 11.9. The Morgan fingerprint density at radius 2 is 2.26 bits per heavy atom. The zero-order valence-electron chi connectivity index (χ0n) is 13.9. The molecule has 23 heavy (non-hydrogen) atoms. The fourth-order valence-electron chi connectivity index (χ4n) is 2.72. The van der Waals surface area contributed by atoms with E-state index in [4.69, 9.17) is 15.2 Å². The topological polar surface area (TPSA) is 89.7 Å². The molecule has 3 unspecified atom stereocenters. The van der Waals surface area contributed by atoms with Gasteiger partial charge in [-0.25, -0.2) is 4.98 Å². The van der Waals surface area contributed by atoms with Gasteiger partial charge < -0.3 is 20.5 Å². The number of carbonyl (C=O) groups excluding carboxylic acids is 1. The highest BCUT2D eigenvalue weighted by molar-refractivity contribution is 7.13. The Morgan fingerprint density at radius 1 is 1.57 bits per heavy atom. The average molecular weight is 342 g/mol. The average Bonchev–Trinajstić information content (AvgIpc) is 2.90. The molecule has 0 saturated carbocycles. The number of carbonyl (C=O) groups is 1. The van der Waals surface area contributed by atoms with E-state index in [-0.39, 0.29) is 30.6 Å². The standard InChI is InChI=1S/C15H26N4O3S/c1-10-6-19(7-11(2)22-10)8-12-9-23-15(17-12)18-14(20)4-13(5-16)21-3/h9-11,13H,4-8,16H2,1-3H3,(H,17,18,20). The van der Waals surface area contributed by atoms with Gasteiger partial charge in [0.05, 0.1) is 30.4 Å². The van der Waals surface area contributed by atoms with Crippen molar-refractivity contribution in [1.29, 1.82) is 0 Å². The van der Waals surface area contributed by atoms with E-state index in [0.29, 0.717) is 11.7 Å². The van der Waals surface area contributed by atoms with E-state index >= 15 is 0 Å². The molecule has 0 spiro atoms. The third-order valence-corrected chi connectivity index (χ3v) is 4.49. The van der Waals surface area contributed by atoms with Gasteiger partial charge in [-0.15, -0.1) is 11.3 Å².